The second-order valence-corrected chi connectivity index (χ2v) is 28.0. The van der Waals surface area contributed by atoms with Gasteiger partial charge in [0.2, 0.25) is 10.0 Å². The van der Waals surface area contributed by atoms with Gasteiger partial charge in [-0.2, -0.15) is 4.31 Å². The number of ether oxygens (including phenoxy) is 5. The van der Waals surface area contributed by atoms with Crippen molar-refractivity contribution in [2.24, 2.45) is 5.41 Å². The van der Waals surface area contributed by atoms with Crippen molar-refractivity contribution in [2.45, 2.75) is 146 Å². The van der Waals surface area contributed by atoms with Gasteiger partial charge < -0.3 is 33.5 Å². The molecule has 0 aliphatic carbocycles. The van der Waals surface area contributed by atoms with Gasteiger partial charge in [-0.15, -0.1) is 5.10 Å². The molecule has 2 aliphatic rings. The summed E-state index contributed by atoms with van der Waals surface area (Å²) in [6.45, 7) is 17.6. The van der Waals surface area contributed by atoms with Crippen LogP contribution in [0.15, 0.2) is 119 Å². The molecule has 434 valence electrons. The smallest absolute Gasteiger partial charge is 0.410 e. The Morgan fingerprint density at radius 1 is 0.617 bits per heavy atom. The van der Waals surface area contributed by atoms with Crippen molar-refractivity contribution in [3.63, 3.8) is 0 Å². The van der Waals surface area contributed by atoms with E-state index in [0.717, 1.165) is 11.1 Å². The first kappa shape index (κ1) is 60.1. The Morgan fingerprint density at radius 3 is 1.62 bits per heavy atom. The first-order valence-electron chi connectivity index (χ1n) is 27.3. The van der Waals surface area contributed by atoms with Gasteiger partial charge in [-0.1, -0.05) is 87.5 Å². The monoisotopic (exact) mass is 1150 g/mol. The summed E-state index contributed by atoms with van der Waals surface area (Å²) in [5.41, 5.74) is 2.23. The molecule has 20 heteroatoms. The van der Waals surface area contributed by atoms with E-state index in [2.05, 4.69) is 36.3 Å². The maximum atomic E-state index is 16.6. The molecule has 2 amide bonds. The fourth-order valence-electron chi connectivity index (χ4n) is 10.5. The number of hydrogen-bond donors (Lipinski definition) is 0. The van der Waals surface area contributed by atoms with Crippen molar-refractivity contribution in [1.82, 2.24) is 34.3 Å². The van der Waals surface area contributed by atoms with Crippen molar-refractivity contribution in [3.8, 4) is 39.8 Å². The first-order chi connectivity index (χ1) is 38.2. The number of carbonyl (C=O) groups is 2. The Morgan fingerprint density at radius 2 is 1.12 bits per heavy atom. The predicted octanol–water partition coefficient (Wildman–Crippen LogP) is 11.2. The van der Waals surface area contributed by atoms with E-state index in [9.17, 15) is 9.59 Å². The SMILES string of the molecule is COc1ccc(CN(Cc2ccc(OC)cc2)S(=O)(=O)c2c(S(=O)(=O)C3CCN(C(=O)OC(C)(C)C)CC3)ccc(-c3ccc(C4CCN(C(=O)OC(C)(C)C)C(C(C)(C)C)C4)cc3)c2-c2nnnn2Cc2ccc(OC)cc2)cc1. The van der Waals surface area contributed by atoms with Gasteiger partial charge in [0.05, 0.1) is 43.6 Å². The molecule has 0 radical (unpaired) electrons. The van der Waals surface area contributed by atoms with Gasteiger partial charge in [0.15, 0.2) is 15.7 Å². The highest BCUT2D eigenvalue weighted by molar-refractivity contribution is 7.94. The molecule has 2 fully saturated rings. The van der Waals surface area contributed by atoms with E-state index < -0.39 is 52.2 Å². The van der Waals surface area contributed by atoms with Crippen LogP contribution in [-0.4, -0.2) is 127 Å². The third-order valence-electron chi connectivity index (χ3n) is 14.8. The second-order valence-electron chi connectivity index (χ2n) is 23.9. The van der Waals surface area contributed by atoms with Crippen LogP contribution in [0, 0.1) is 5.41 Å². The topological polar surface area (TPSA) is 202 Å². The number of tetrazole rings is 1. The lowest BCUT2D eigenvalue weighted by atomic mass is 9.75. The highest BCUT2D eigenvalue weighted by Crippen LogP contribution is 2.45. The lowest BCUT2D eigenvalue weighted by molar-refractivity contribution is -0.0101. The average molecular weight is 1150 g/mol. The van der Waals surface area contributed by atoms with Crippen molar-refractivity contribution in [1.29, 1.82) is 0 Å². The number of carbonyl (C=O) groups excluding carboxylic acids is 2. The summed E-state index contributed by atoms with van der Waals surface area (Å²) in [6.07, 6.45) is 0.493. The molecule has 0 bridgehead atoms. The summed E-state index contributed by atoms with van der Waals surface area (Å²) < 4.78 is 95.3. The molecule has 8 rings (SSSR count). The standard InChI is InChI=1S/C61H77N7O11S2/c1-59(2,3)53-37-46(31-36-67(53)58(70)79-61(7,8)9)44-19-21-45(22-20-44)51-29-30-52(80(71,72)50-32-34-65(35-33-50)57(69)78-60(4,5)6)55(54(51)56-62-63-64-68(56)40-43-17-27-49(77-12)28-18-43)81(73,74)66(38-41-13-23-47(75-10)24-14-41)39-42-15-25-48(76-11)26-16-42/h13-30,46,50,53H,31-40H2,1-12H3. The summed E-state index contributed by atoms with van der Waals surface area (Å²) in [5, 5.41) is 12.1. The van der Waals surface area contributed by atoms with Crippen LogP contribution >= 0.6 is 0 Å². The van der Waals surface area contributed by atoms with E-state index >= 15 is 16.8 Å². The number of sulfone groups is 1. The lowest BCUT2D eigenvalue weighted by Gasteiger charge is -2.46. The van der Waals surface area contributed by atoms with Gasteiger partial charge in [0.1, 0.15) is 33.3 Å². The van der Waals surface area contributed by atoms with Gasteiger partial charge in [-0.05, 0) is 165 Å². The van der Waals surface area contributed by atoms with E-state index in [1.807, 2.05) is 62.1 Å². The van der Waals surface area contributed by atoms with Gasteiger partial charge in [0, 0.05) is 38.8 Å². The van der Waals surface area contributed by atoms with Crippen LogP contribution in [0.2, 0.25) is 0 Å². The largest absolute Gasteiger partial charge is 0.497 e. The number of methoxy groups -OCH3 is 3. The molecule has 2 atom stereocenters. The van der Waals surface area contributed by atoms with Crippen LogP contribution in [0.3, 0.4) is 0 Å². The molecule has 5 aromatic carbocycles. The molecule has 2 aliphatic heterocycles. The average Bonchev–Trinajstić information content (AvgIpc) is 3.06. The molecule has 2 saturated heterocycles. The highest BCUT2D eigenvalue weighted by Gasteiger charge is 2.44. The van der Waals surface area contributed by atoms with Gasteiger partial charge in [-0.3, -0.25) is 0 Å². The minimum absolute atomic E-state index is 0.0108. The normalized spacial score (nSPS) is 16.8. The number of piperidine rings is 2. The van der Waals surface area contributed by atoms with E-state index in [4.69, 9.17) is 23.7 Å². The third kappa shape index (κ3) is 14.2. The molecule has 81 heavy (non-hydrogen) atoms. The molecule has 3 heterocycles. The van der Waals surface area contributed by atoms with E-state index in [1.165, 1.54) is 20.0 Å². The van der Waals surface area contributed by atoms with E-state index in [0.29, 0.717) is 58.9 Å². The summed E-state index contributed by atoms with van der Waals surface area (Å²) >= 11 is 0. The minimum atomic E-state index is -4.94. The van der Waals surface area contributed by atoms with Crippen molar-refractivity contribution < 1.29 is 50.1 Å². The number of amides is 2. The molecule has 0 N–H and O–H groups in total. The van der Waals surface area contributed by atoms with Gasteiger partial charge in [-0.25, -0.2) is 31.1 Å². The Kier molecular flexibility index (Phi) is 17.9. The molecule has 18 nitrogen and oxygen atoms in total. The van der Waals surface area contributed by atoms with Crippen molar-refractivity contribution in [3.05, 3.63) is 131 Å². The Labute approximate surface area is 477 Å². The van der Waals surface area contributed by atoms with E-state index in [1.54, 1.807) is 109 Å². The molecular formula is C61H77N7O11S2. The summed E-state index contributed by atoms with van der Waals surface area (Å²) in [7, 11) is -4.84. The maximum Gasteiger partial charge on any atom is 0.410 e. The first-order valence-corrected chi connectivity index (χ1v) is 30.3. The highest BCUT2D eigenvalue weighted by atomic mass is 32.2. The number of rotatable bonds is 16. The number of aromatic nitrogens is 4. The number of hydrogen-bond acceptors (Lipinski definition) is 14. The van der Waals surface area contributed by atoms with Crippen molar-refractivity contribution >= 4 is 32.0 Å². The summed E-state index contributed by atoms with van der Waals surface area (Å²) in [6, 6.07) is 32.1. The molecule has 1 aromatic heterocycles. The molecule has 0 saturated carbocycles. The number of sulfonamides is 1. The molecule has 2 unspecified atom stereocenters. The van der Waals surface area contributed by atoms with Crippen LogP contribution in [0.25, 0.3) is 22.5 Å². The van der Waals surface area contributed by atoms with Crippen LogP contribution < -0.4 is 14.2 Å². The molecule has 0 spiro atoms. The second kappa shape index (κ2) is 24.2. The number of benzene rings is 5. The van der Waals surface area contributed by atoms with Crippen LogP contribution in [-0.2, 0) is 49.0 Å². The van der Waals surface area contributed by atoms with Gasteiger partial charge >= 0.3 is 12.2 Å². The zero-order valence-corrected chi connectivity index (χ0v) is 50.3. The predicted molar refractivity (Wildman–Crippen MR) is 309 cm³/mol. The van der Waals surface area contributed by atoms with Gasteiger partial charge in [0.25, 0.3) is 0 Å². The van der Waals surface area contributed by atoms with Crippen LogP contribution in [0.1, 0.15) is 116 Å². The fourth-order valence-corrected chi connectivity index (χ4v) is 14.7. The maximum absolute atomic E-state index is 16.6. The van der Waals surface area contributed by atoms with E-state index in [-0.39, 0.29) is 80.4 Å². The van der Waals surface area contributed by atoms with Crippen molar-refractivity contribution in [2.75, 3.05) is 41.0 Å². The van der Waals surface area contributed by atoms with Crippen LogP contribution in [0.5, 0.6) is 17.2 Å². The summed E-state index contributed by atoms with van der Waals surface area (Å²) in [5.74, 6) is 1.84. The summed E-state index contributed by atoms with van der Waals surface area (Å²) in [4.78, 5) is 29.3. The quantitative estimate of drug-likeness (QED) is 0.0885. The minimum Gasteiger partial charge on any atom is -0.497 e. The third-order valence-corrected chi connectivity index (χ3v) is 19.1. The fraction of sp³-hybridized carbons (Fsp3) is 0.459. The Hall–Kier alpha value is -7.03. The molecule has 6 aromatic rings. The zero-order valence-electron chi connectivity index (χ0n) is 48.6. The Balaban J connectivity index is 1.32. The zero-order chi connectivity index (χ0) is 58.7. The molecular weight excluding hydrogens is 1070 g/mol. The van der Waals surface area contributed by atoms with Crippen LogP contribution in [0.4, 0.5) is 9.59 Å². The lowest BCUT2D eigenvalue weighted by Crippen LogP contribution is -2.52. The Bertz CT molecular complexity index is 3330. The number of nitrogens with zero attached hydrogens (tertiary/aromatic N) is 7. The number of likely N-dealkylation sites (tertiary alicyclic amines) is 2.